The van der Waals surface area contributed by atoms with Crippen molar-refractivity contribution in [2.45, 2.75) is 25.3 Å². The molecule has 0 radical (unpaired) electrons. The molecule has 24 heavy (non-hydrogen) atoms. The number of halogens is 1. The van der Waals surface area contributed by atoms with E-state index in [4.69, 9.17) is 4.74 Å². The standard InChI is InChI=1S/C19H18BrNO3/c1-12-8-9-16(15(20)10-12)21-17(22)11-14(18(21)19(23)24-2)13-6-4-3-5-7-13/h3-10,14,18H,11H2,1-2H3/t14-,18+/m1/s1. The second kappa shape index (κ2) is 6.77. The van der Waals surface area contributed by atoms with E-state index in [0.29, 0.717) is 5.69 Å². The Kier molecular flexibility index (Phi) is 4.71. The fourth-order valence-corrected chi connectivity index (χ4v) is 3.90. The normalized spacial score (nSPS) is 20.3. The largest absolute Gasteiger partial charge is 0.467 e. The number of hydrogen-bond acceptors (Lipinski definition) is 3. The molecule has 2 aromatic rings. The summed E-state index contributed by atoms with van der Waals surface area (Å²) < 4.78 is 5.79. The second-order valence-corrected chi connectivity index (χ2v) is 6.76. The Bertz CT molecular complexity index is 775. The molecule has 2 aromatic carbocycles. The zero-order chi connectivity index (χ0) is 17.3. The van der Waals surface area contributed by atoms with Gasteiger partial charge in [-0.25, -0.2) is 4.79 Å². The first kappa shape index (κ1) is 16.7. The molecule has 5 heteroatoms. The third-order valence-corrected chi connectivity index (χ3v) is 4.99. The summed E-state index contributed by atoms with van der Waals surface area (Å²) in [6.45, 7) is 1.98. The highest BCUT2D eigenvalue weighted by atomic mass is 79.9. The smallest absolute Gasteiger partial charge is 0.329 e. The first-order valence-corrected chi connectivity index (χ1v) is 8.53. The van der Waals surface area contributed by atoms with Gasteiger partial charge in [0, 0.05) is 16.8 Å². The lowest BCUT2D eigenvalue weighted by Gasteiger charge is -2.27. The average Bonchev–Trinajstić information content (AvgIpc) is 2.92. The molecular weight excluding hydrogens is 370 g/mol. The van der Waals surface area contributed by atoms with Crippen LogP contribution in [0.4, 0.5) is 5.69 Å². The fraction of sp³-hybridized carbons (Fsp3) is 0.263. The van der Waals surface area contributed by atoms with Crippen molar-refractivity contribution in [3.8, 4) is 0 Å². The minimum Gasteiger partial charge on any atom is -0.467 e. The van der Waals surface area contributed by atoms with E-state index in [2.05, 4.69) is 15.9 Å². The van der Waals surface area contributed by atoms with E-state index in [1.54, 1.807) is 4.90 Å². The Balaban J connectivity index is 2.07. The molecule has 1 heterocycles. The van der Waals surface area contributed by atoms with Crippen LogP contribution in [-0.2, 0) is 14.3 Å². The van der Waals surface area contributed by atoms with Crippen molar-refractivity contribution in [2.75, 3.05) is 12.0 Å². The molecule has 0 bridgehead atoms. The highest BCUT2D eigenvalue weighted by Gasteiger charge is 2.46. The van der Waals surface area contributed by atoms with Gasteiger partial charge < -0.3 is 4.74 Å². The molecule has 1 aliphatic heterocycles. The number of esters is 1. The number of aryl methyl sites for hydroxylation is 1. The highest BCUT2D eigenvalue weighted by molar-refractivity contribution is 9.10. The number of carbonyl (C=O) groups is 2. The van der Waals surface area contributed by atoms with E-state index < -0.39 is 12.0 Å². The van der Waals surface area contributed by atoms with Crippen molar-refractivity contribution in [2.24, 2.45) is 0 Å². The average molecular weight is 388 g/mol. The third kappa shape index (κ3) is 2.96. The Labute approximate surface area is 149 Å². The summed E-state index contributed by atoms with van der Waals surface area (Å²) in [5.41, 5.74) is 2.73. The first-order chi connectivity index (χ1) is 11.5. The van der Waals surface area contributed by atoms with Crippen LogP contribution in [-0.4, -0.2) is 25.0 Å². The summed E-state index contributed by atoms with van der Waals surface area (Å²) >= 11 is 3.51. The maximum absolute atomic E-state index is 12.7. The number of benzene rings is 2. The van der Waals surface area contributed by atoms with Gasteiger partial charge in [0.05, 0.1) is 12.8 Å². The summed E-state index contributed by atoms with van der Waals surface area (Å²) in [6, 6.07) is 14.7. The number of rotatable bonds is 3. The molecule has 4 nitrogen and oxygen atoms in total. The van der Waals surface area contributed by atoms with E-state index in [1.165, 1.54) is 7.11 Å². The van der Waals surface area contributed by atoms with E-state index in [9.17, 15) is 9.59 Å². The van der Waals surface area contributed by atoms with Gasteiger partial charge in [0.25, 0.3) is 0 Å². The van der Waals surface area contributed by atoms with Gasteiger partial charge in [-0.15, -0.1) is 0 Å². The predicted molar refractivity (Wildman–Crippen MR) is 96.0 cm³/mol. The lowest BCUT2D eigenvalue weighted by molar-refractivity contribution is -0.142. The maximum atomic E-state index is 12.7. The quantitative estimate of drug-likeness (QED) is 0.752. The molecule has 1 fully saturated rings. The number of hydrogen-bond donors (Lipinski definition) is 0. The van der Waals surface area contributed by atoms with Crippen LogP contribution in [0.1, 0.15) is 23.5 Å². The molecule has 0 spiro atoms. The topological polar surface area (TPSA) is 46.6 Å². The molecule has 0 N–H and O–H groups in total. The fourth-order valence-electron chi connectivity index (χ4n) is 3.22. The van der Waals surface area contributed by atoms with Crippen LogP contribution in [0.5, 0.6) is 0 Å². The van der Waals surface area contributed by atoms with Gasteiger partial charge >= 0.3 is 5.97 Å². The predicted octanol–water partition coefficient (Wildman–Crippen LogP) is 3.82. The highest BCUT2D eigenvalue weighted by Crippen LogP contribution is 2.40. The van der Waals surface area contributed by atoms with Crippen molar-refractivity contribution < 1.29 is 14.3 Å². The molecule has 0 aliphatic carbocycles. The van der Waals surface area contributed by atoms with E-state index in [0.717, 1.165) is 15.6 Å². The van der Waals surface area contributed by atoms with Gasteiger partial charge in [0.15, 0.2) is 0 Å². The molecule has 2 atom stereocenters. The number of ether oxygens (including phenoxy) is 1. The number of methoxy groups -OCH3 is 1. The van der Waals surface area contributed by atoms with Crippen molar-refractivity contribution in [3.63, 3.8) is 0 Å². The zero-order valence-electron chi connectivity index (χ0n) is 13.5. The van der Waals surface area contributed by atoms with Gasteiger partial charge in [-0.05, 0) is 46.1 Å². The molecule has 3 rings (SSSR count). The molecule has 0 saturated carbocycles. The molecule has 124 valence electrons. The summed E-state index contributed by atoms with van der Waals surface area (Å²) in [6.07, 6.45) is 0.282. The monoisotopic (exact) mass is 387 g/mol. The minimum absolute atomic E-state index is 0.0798. The Morgan fingerprint density at radius 3 is 2.54 bits per heavy atom. The van der Waals surface area contributed by atoms with Crippen LogP contribution in [0.3, 0.4) is 0 Å². The van der Waals surface area contributed by atoms with E-state index >= 15 is 0 Å². The maximum Gasteiger partial charge on any atom is 0.329 e. The van der Waals surface area contributed by atoms with Crippen molar-refractivity contribution in [3.05, 3.63) is 64.1 Å². The summed E-state index contributed by atoms with van der Waals surface area (Å²) in [5, 5.41) is 0. The Morgan fingerprint density at radius 1 is 1.21 bits per heavy atom. The number of nitrogens with zero attached hydrogens (tertiary/aromatic N) is 1. The van der Waals surface area contributed by atoms with Gasteiger partial charge in [0.2, 0.25) is 5.91 Å². The molecule has 1 saturated heterocycles. The van der Waals surface area contributed by atoms with Crippen LogP contribution < -0.4 is 4.90 Å². The molecule has 1 amide bonds. The first-order valence-electron chi connectivity index (χ1n) is 7.74. The van der Waals surface area contributed by atoms with Crippen molar-refractivity contribution >= 4 is 33.5 Å². The SMILES string of the molecule is COC(=O)[C@@H]1[C@@H](c2ccccc2)CC(=O)N1c1ccc(C)cc1Br. The molecule has 1 aliphatic rings. The van der Waals surface area contributed by atoms with Crippen LogP contribution in [0.15, 0.2) is 53.0 Å². The van der Waals surface area contributed by atoms with Gasteiger partial charge in [-0.3, -0.25) is 9.69 Å². The van der Waals surface area contributed by atoms with Crippen LogP contribution in [0, 0.1) is 6.92 Å². The summed E-state index contributed by atoms with van der Waals surface area (Å²) in [5.74, 6) is -0.703. The summed E-state index contributed by atoms with van der Waals surface area (Å²) in [4.78, 5) is 26.8. The van der Waals surface area contributed by atoms with Crippen LogP contribution >= 0.6 is 15.9 Å². The van der Waals surface area contributed by atoms with Crippen LogP contribution in [0.25, 0.3) is 0 Å². The van der Waals surface area contributed by atoms with Gasteiger partial charge in [0.1, 0.15) is 6.04 Å². The van der Waals surface area contributed by atoms with E-state index in [1.807, 2.05) is 55.5 Å². The van der Waals surface area contributed by atoms with Crippen LogP contribution in [0.2, 0.25) is 0 Å². The van der Waals surface area contributed by atoms with E-state index in [-0.39, 0.29) is 18.2 Å². The van der Waals surface area contributed by atoms with Crippen molar-refractivity contribution in [1.82, 2.24) is 0 Å². The van der Waals surface area contributed by atoms with Gasteiger partial charge in [-0.1, -0.05) is 36.4 Å². The number of amides is 1. The second-order valence-electron chi connectivity index (χ2n) is 5.91. The number of carbonyl (C=O) groups excluding carboxylic acids is 2. The molecule has 0 aromatic heterocycles. The van der Waals surface area contributed by atoms with Crippen molar-refractivity contribution in [1.29, 1.82) is 0 Å². The molecule has 0 unspecified atom stereocenters. The Morgan fingerprint density at radius 2 is 1.92 bits per heavy atom. The third-order valence-electron chi connectivity index (χ3n) is 4.36. The Hall–Kier alpha value is -2.14. The molecular formula is C19H18BrNO3. The summed E-state index contributed by atoms with van der Waals surface area (Å²) in [7, 11) is 1.36. The zero-order valence-corrected chi connectivity index (χ0v) is 15.1. The van der Waals surface area contributed by atoms with Gasteiger partial charge in [-0.2, -0.15) is 0 Å². The lowest BCUT2D eigenvalue weighted by Crippen LogP contribution is -2.42. The lowest BCUT2D eigenvalue weighted by atomic mass is 9.91. The number of anilines is 1. The minimum atomic E-state index is -0.663.